The van der Waals surface area contributed by atoms with Gasteiger partial charge in [0.1, 0.15) is 12.4 Å². The third-order valence-electron chi connectivity index (χ3n) is 6.15. The molecule has 3 atom stereocenters. The molecule has 0 aliphatic carbocycles. The Kier molecular flexibility index (Phi) is 9.32. The van der Waals surface area contributed by atoms with Gasteiger partial charge in [-0.1, -0.05) is 89.2 Å². The normalized spacial score (nSPS) is 14.0. The summed E-state index contributed by atoms with van der Waals surface area (Å²) in [5.41, 5.74) is 3.98. The molecule has 6 nitrogen and oxygen atoms in total. The Morgan fingerprint density at radius 2 is 1.61 bits per heavy atom. The molecular weight excluding hydrogens is 446 g/mol. The van der Waals surface area contributed by atoms with Gasteiger partial charge in [-0.15, -0.1) is 0 Å². The number of hydrogen-bond donors (Lipinski definition) is 2. The SMILES string of the molecule is CC(C)C[C@H](N[C@H](c1ccc(-c2cncnc2)cc1)C(C)(C)C)C(=O)N[C@H](C#N)Cc1ccccc1. The van der Waals surface area contributed by atoms with Crippen LogP contribution in [0.15, 0.2) is 73.3 Å². The summed E-state index contributed by atoms with van der Waals surface area (Å²) in [6, 6.07) is 19.3. The first-order chi connectivity index (χ1) is 17.2. The Balaban J connectivity index is 1.80. The van der Waals surface area contributed by atoms with Crippen LogP contribution in [0.3, 0.4) is 0 Å². The van der Waals surface area contributed by atoms with E-state index in [1.165, 1.54) is 6.33 Å². The zero-order chi connectivity index (χ0) is 26.1. The molecule has 2 aromatic carbocycles. The molecule has 6 heteroatoms. The first-order valence-corrected chi connectivity index (χ1v) is 12.5. The third-order valence-corrected chi connectivity index (χ3v) is 6.15. The van der Waals surface area contributed by atoms with Crippen LogP contribution in [0.2, 0.25) is 0 Å². The zero-order valence-corrected chi connectivity index (χ0v) is 21.9. The Morgan fingerprint density at radius 3 is 2.17 bits per heavy atom. The van der Waals surface area contributed by atoms with Crippen LogP contribution in [0.1, 0.15) is 58.2 Å². The molecule has 0 aliphatic rings. The van der Waals surface area contributed by atoms with Gasteiger partial charge in [0.2, 0.25) is 5.91 Å². The lowest BCUT2D eigenvalue weighted by molar-refractivity contribution is -0.124. The molecule has 0 aliphatic heterocycles. The largest absolute Gasteiger partial charge is 0.339 e. The molecule has 3 rings (SSSR count). The van der Waals surface area contributed by atoms with Gasteiger partial charge in [0.05, 0.1) is 12.1 Å². The molecule has 1 heterocycles. The fraction of sp³-hybridized carbons (Fsp3) is 0.400. The highest BCUT2D eigenvalue weighted by Crippen LogP contribution is 2.34. The van der Waals surface area contributed by atoms with Crippen molar-refractivity contribution in [1.29, 1.82) is 5.26 Å². The second kappa shape index (κ2) is 12.4. The molecule has 0 saturated heterocycles. The average molecular weight is 484 g/mol. The van der Waals surface area contributed by atoms with E-state index in [-0.39, 0.29) is 17.4 Å². The summed E-state index contributed by atoms with van der Waals surface area (Å²) in [6.07, 6.45) is 6.26. The molecule has 0 saturated carbocycles. The maximum Gasteiger partial charge on any atom is 0.238 e. The van der Waals surface area contributed by atoms with E-state index in [9.17, 15) is 10.1 Å². The van der Waals surface area contributed by atoms with Crippen molar-refractivity contribution in [3.8, 4) is 17.2 Å². The quantitative estimate of drug-likeness (QED) is 0.398. The van der Waals surface area contributed by atoms with Crippen LogP contribution in [0.25, 0.3) is 11.1 Å². The lowest BCUT2D eigenvalue weighted by Crippen LogP contribution is -2.51. The molecule has 0 radical (unpaired) electrons. The van der Waals surface area contributed by atoms with Crippen molar-refractivity contribution in [2.45, 2.75) is 65.6 Å². The molecule has 2 N–H and O–H groups in total. The highest BCUT2D eigenvalue weighted by molar-refractivity contribution is 5.82. The van der Waals surface area contributed by atoms with Gasteiger partial charge in [-0.3, -0.25) is 10.1 Å². The van der Waals surface area contributed by atoms with Crippen molar-refractivity contribution in [3.05, 3.63) is 84.4 Å². The molecule has 0 unspecified atom stereocenters. The average Bonchev–Trinajstić information content (AvgIpc) is 2.86. The number of carbonyl (C=O) groups excluding carboxylic acids is 1. The van der Waals surface area contributed by atoms with E-state index in [0.717, 1.165) is 22.3 Å². The Bertz CT molecular complexity index is 1130. The second-order valence-corrected chi connectivity index (χ2v) is 10.8. The monoisotopic (exact) mass is 483 g/mol. The minimum Gasteiger partial charge on any atom is -0.339 e. The summed E-state index contributed by atoms with van der Waals surface area (Å²) < 4.78 is 0. The van der Waals surface area contributed by atoms with Crippen LogP contribution < -0.4 is 10.6 Å². The van der Waals surface area contributed by atoms with E-state index in [2.05, 4.69) is 85.6 Å². The minimum absolute atomic E-state index is 0.0669. The van der Waals surface area contributed by atoms with Gasteiger partial charge in [-0.2, -0.15) is 5.26 Å². The highest BCUT2D eigenvalue weighted by atomic mass is 16.2. The van der Waals surface area contributed by atoms with Gasteiger partial charge in [0.15, 0.2) is 0 Å². The van der Waals surface area contributed by atoms with Crippen molar-refractivity contribution in [2.24, 2.45) is 11.3 Å². The van der Waals surface area contributed by atoms with E-state index in [1.807, 2.05) is 30.3 Å². The molecule has 0 bridgehead atoms. The molecule has 36 heavy (non-hydrogen) atoms. The first-order valence-electron chi connectivity index (χ1n) is 12.5. The van der Waals surface area contributed by atoms with Gasteiger partial charge in [-0.25, -0.2) is 9.97 Å². The number of amides is 1. The molecule has 0 fully saturated rings. The Hall–Kier alpha value is -3.56. The van der Waals surface area contributed by atoms with E-state index in [4.69, 9.17) is 0 Å². The summed E-state index contributed by atoms with van der Waals surface area (Å²) in [6.45, 7) is 10.7. The van der Waals surface area contributed by atoms with Crippen LogP contribution in [0.5, 0.6) is 0 Å². The maximum atomic E-state index is 13.4. The smallest absolute Gasteiger partial charge is 0.238 e. The number of carbonyl (C=O) groups is 1. The molecule has 1 aromatic heterocycles. The molecule has 1 amide bonds. The zero-order valence-electron chi connectivity index (χ0n) is 21.9. The number of benzene rings is 2. The first kappa shape index (κ1) is 27.0. The standard InChI is InChI=1S/C30H37N5O/c1-21(2)15-27(29(36)34-26(17-31)16-22-9-7-6-8-10-22)35-28(30(3,4)5)24-13-11-23(12-14-24)25-18-32-20-33-19-25/h6-14,18-21,26-28,35H,15-16H2,1-5H3,(H,34,36)/t26-,27-,28+/m0/s1. The second-order valence-electron chi connectivity index (χ2n) is 10.8. The van der Waals surface area contributed by atoms with E-state index in [0.29, 0.717) is 18.8 Å². The van der Waals surface area contributed by atoms with Gasteiger partial charge in [0, 0.05) is 30.4 Å². The predicted octanol–water partition coefficient (Wildman–Crippen LogP) is 5.49. The molecule has 188 valence electrons. The summed E-state index contributed by atoms with van der Waals surface area (Å²) in [5.74, 6) is 0.169. The van der Waals surface area contributed by atoms with Crippen LogP contribution >= 0.6 is 0 Å². The number of rotatable bonds is 10. The Labute approximate surface area is 215 Å². The van der Waals surface area contributed by atoms with Gasteiger partial charge < -0.3 is 5.32 Å². The van der Waals surface area contributed by atoms with Crippen molar-refractivity contribution in [3.63, 3.8) is 0 Å². The van der Waals surface area contributed by atoms with Crippen molar-refractivity contribution < 1.29 is 4.79 Å². The fourth-order valence-corrected chi connectivity index (χ4v) is 4.34. The minimum atomic E-state index is -0.586. The summed E-state index contributed by atoms with van der Waals surface area (Å²) in [4.78, 5) is 21.7. The van der Waals surface area contributed by atoms with Gasteiger partial charge in [0.25, 0.3) is 0 Å². The predicted molar refractivity (Wildman–Crippen MR) is 144 cm³/mol. The Morgan fingerprint density at radius 1 is 0.972 bits per heavy atom. The van der Waals surface area contributed by atoms with E-state index in [1.54, 1.807) is 12.4 Å². The maximum absolute atomic E-state index is 13.4. The number of hydrogen-bond acceptors (Lipinski definition) is 5. The summed E-state index contributed by atoms with van der Waals surface area (Å²) in [7, 11) is 0. The topological polar surface area (TPSA) is 90.7 Å². The highest BCUT2D eigenvalue weighted by Gasteiger charge is 2.32. The van der Waals surface area contributed by atoms with E-state index < -0.39 is 12.1 Å². The molecule has 3 aromatic rings. The molecule has 0 spiro atoms. The summed E-state index contributed by atoms with van der Waals surface area (Å²) in [5, 5.41) is 16.3. The van der Waals surface area contributed by atoms with Crippen LogP contribution in [-0.2, 0) is 11.2 Å². The number of nitrogens with one attached hydrogen (secondary N) is 2. The number of nitriles is 1. The van der Waals surface area contributed by atoms with Gasteiger partial charge in [-0.05, 0) is 34.4 Å². The van der Waals surface area contributed by atoms with Gasteiger partial charge >= 0.3 is 0 Å². The van der Waals surface area contributed by atoms with E-state index >= 15 is 0 Å². The molecular formula is C30H37N5O. The lowest BCUT2D eigenvalue weighted by atomic mass is 9.81. The van der Waals surface area contributed by atoms with Crippen molar-refractivity contribution in [1.82, 2.24) is 20.6 Å². The van der Waals surface area contributed by atoms with Crippen LogP contribution in [0.4, 0.5) is 0 Å². The van der Waals surface area contributed by atoms with Crippen molar-refractivity contribution >= 4 is 5.91 Å². The van der Waals surface area contributed by atoms with Crippen molar-refractivity contribution in [2.75, 3.05) is 0 Å². The fourth-order valence-electron chi connectivity index (χ4n) is 4.34. The third kappa shape index (κ3) is 7.73. The van der Waals surface area contributed by atoms with Crippen LogP contribution in [0, 0.1) is 22.7 Å². The number of aromatic nitrogens is 2. The number of nitrogens with zero attached hydrogens (tertiary/aromatic N) is 3. The summed E-state index contributed by atoms with van der Waals surface area (Å²) >= 11 is 0. The van der Waals surface area contributed by atoms with Crippen LogP contribution in [-0.4, -0.2) is 28.0 Å². The lowest BCUT2D eigenvalue weighted by Gasteiger charge is -2.36.